The first kappa shape index (κ1) is 14.4. The molecule has 0 aliphatic heterocycles. The third kappa shape index (κ3) is 3.99. The summed E-state index contributed by atoms with van der Waals surface area (Å²) in [5, 5.41) is 2.70. The zero-order valence-electron chi connectivity index (χ0n) is 11.5. The quantitative estimate of drug-likeness (QED) is 0.858. The highest BCUT2D eigenvalue weighted by atomic mass is 32.1. The van der Waals surface area contributed by atoms with E-state index in [-0.39, 0.29) is 24.5 Å². The van der Waals surface area contributed by atoms with Crippen LogP contribution >= 0.6 is 11.3 Å². The number of thiophene rings is 1. The van der Waals surface area contributed by atoms with Crippen LogP contribution in [0.1, 0.15) is 33.0 Å². The number of amides is 1. The van der Waals surface area contributed by atoms with E-state index in [1.807, 2.05) is 32.0 Å². The molecule has 0 bridgehead atoms. The summed E-state index contributed by atoms with van der Waals surface area (Å²) in [6, 6.07) is 7.37. The number of anilines is 1. The van der Waals surface area contributed by atoms with Crippen molar-refractivity contribution in [1.82, 2.24) is 4.98 Å². The average molecular weight is 288 g/mol. The van der Waals surface area contributed by atoms with E-state index in [2.05, 4.69) is 10.3 Å². The number of aryl methyl sites for hydroxylation is 2. The number of pyridine rings is 1. The summed E-state index contributed by atoms with van der Waals surface area (Å²) in [7, 11) is 0. The fourth-order valence-electron chi connectivity index (χ4n) is 1.74. The van der Waals surface area contributed by atoms with Gasteiger partial charge in [0.15, 0.2) is 5.78 Å². The molecule has 0 aliphatic rings. The molecular weight excluding hydrogens is 272 g/mol. The first-order chi connectivity index (χ1) is 9.54. The molecule has 1 N–H and O–H groups in total. The zero-order chi connectivity index (χ0) is 14.5. The summed E-state index contributed by atoms with van der Waals surface area (Å²) in [6.45, 7) is 3.89. The minimum atomic E-state index is -0.190. The number of ketones is 1. The number of hydrogen-bond acceptors (Lipinski definition) is 4. The maximum Gasteiger partial charge on any atom is 0.225 e. The van der Waals surface area contributed by atoms with Crippen LogP contribution in [-0.4, -0.2) is 16.7 Å². The normalized spacial score (nSPS) is 10.3. The largest absolute Gasteiger partial charge is 0.311 e. The third-order valence-electron chi connectivity index (χ3n) is 2.78. The Morgan fingerprint density at radius 3 is 2.65 bits per heavy atom. The lowest BCUT2D eigenvalue weighted by Gasteiger charge is -2.04. The van der Waals surface area contributed by atoms with Crippen molar-refractivity contribution in [2.45, 2.75) is 26.7 Å². The van der Waals surface area contributed by atoms with Crippen LogP contribution in [0.2, 0.25) is 0 Å². The SMILES string of the molecule is Cc1ccnc(NC(=O)CCC(=O)c2ccc(C)s2)c1. The Labute approximate surface area is 121 Å². The Hall–Kier alpha value is -2.01. The van der Waals surface area contributed by atoms with Gasteiger partial charge in [-0.25, -0.2) is 4.98 Å². The van der Waals surface area contributed by atoms with E-state index in [0.717, 1.165) is 10.4 Å². The number of carbonyl (C=O) groups excluding carboxylic acids is 2. The van der Waals surface area contributed by atoms with Crippen LogP contribution in [-0.2, 0) is 4.79 Å². The first-order valence-electron chi connectivity index (χ1n) is 6.37. The molecule has 0 spiro atoms. The summed E-state index contributed by atoms with van der Waals surface area (Å²) >= 11 is 1.46. The predicted molar refractivity (Wildman–Crippen MR) is 80.2 cm³/mol. The maximum atomic E-state index is 11.9. The van der Waals surface area contributed by atoms with E-state index in [0.29, 0.717) is 10.7 Å². The fourth-order valence-corrected chi connectivity index (χ4v) is 2.58. The van der Waals surface area contributed by atoms with Gasteiger partial charge in [-0.1, -0.05) is 0 Å². The number of hydrogen-bond donors (Lipinski definition) is 1. The Bertz CT molecular complexity index is 634. The van der Waals surface area contributed by atoms with E-state index < -0.39 is 0 Å². The average Bonchev–Trinajstić information content (AvgIpc) is 2.83. The molecule has 4 nitrogen and oxygen atoms in total. The Morgan fingerprint density at radius 1 is 1.20 bits per heavy atom. The van der Waals surface area contributed by atoms with Gasteiger partial charge in [0.25, 0.3) is 0 Å². The number of carbonyl (C=O) groups is 2. The van der Waals surface area contributed by atoms with Crippen molar-refractivity contribution < 1.29 is 9.59 Å². The first-order valence-corrected chi connectivity index (χ1v) is 7.18. The van der Waals surface area contributed by atoms with E-state index in [9.17, 15) is 9.59 Å². The number of Topliss-reactive ketones (excluding diaryl/α,β-unsaturated/α-hetero) is 1. The summed E-state index contributed by atoms with van der Waals surface area (Å²) in [5.74, 6) is 0.342. The van der Waals surface area contributed by atoms with Crippen LogP contribution in [0, 0.1) is 13.8 Å². The van der Waals surface area contributed by atoms with Gasteiger partial charge in [0.1, 0.15) is 5.82 Å². The van der Waals surface area contributed by atoms with E-state index in [1.54, 1.807) is 12.3 Å². The lowest BCUT2D eigenvalue weighted by Crippen LogP contribution is -2.14. The van der Waals surface area contributed by atoms with E-state index in [1.165, 1.54) is 11.3 Å². The van der Waals surface area contributed by atoms with Gasteiger partial charge >= 0.3 is 0 Å². The fraction of sp³-hybridized carbons (Fsp3) is 0.267. The summed E-state index contributed by atoms with van der Waals surface area (Å²) in [6.07, 6.45) is 2.04. The number of nitrogens with one attached hydrogen (secondary N) is 1. The van der Waals surface area contributed by atoms with Crippen LogP contribution in [0.3, 0.4) is 0 Å². The van der Waals surface area contributed by atoms with Crippen LogP contribution < -0.4 is 5.32 Å². The molecule has 20 heavy (non-hydrogen) atoms. The third-order valence-corrected chi connectivity index (χ3v) is 3.82. The molecule has 0 unspecified atom stereocenters. The highest BCUT2D eigenvalue weighted by molar-refractivity contribution is 7.14. The number of aromatic nitrogens is 1. The summed E-state index contributed by atoms with van der Waals surface area (Å²) in [5.41, 5.74) is 1.03. The summed E-state index contributed by atoms with van der Waals surface area (Å²) < 4.78 is 0. The van der Waals surface area contributed by atoms with Crippen LogP contribution in [0.25, 0.3) is 0 Å². The minimum Gasteiger partial charge on any atom is -0.311 e. The number of rotatable bonds is 5. The second-order valence-corrected chi connectivity index (χ2v) is 5.89. The standard InChI is InChI=1S/C15H16N2O2S/c1-10-7-8-16-14(9-10)17-15(19)6-4-12(18)13-5-3-11(2)20-13/h3,5,7-9H,4,6H2,1-2H3,(H,16,17,19). The molecule has 2 rings (SSSR count). The Kier molecular flexibility index (Phi) is 4.63. The molecule has 2 heterocycles. The van der Waals surface area contributed by atoms with Gasteiger partial charge in [0.2, 0.25) is 5.91 Å². The molecule has 104 valence electrons. The molecule has 0 saturated carbocycles. The molecule has 2 aromatic rings. The second-order valence-electron chi connectivity index (χ2n) is 4.60. The molecule has 0 aliphatic carbocycles. The highest BCUT2D eigenvalue weighted by Gasteiger charge is 2.11. The van der Waals surface area contributed by atoms with Gasteiger partial charge in [-0.15, -0.1) is 11.3 Å². The van der Waals surface area contributed by atoms with Gasteiger partial charge < -0.3 is 5.32 Å². The molecule has 0 atom stereocenters. The van der Waals surface area contributed by atoms with Crippen molar-refractivity contribution in [3.8, 4) is 0 Å². The Morgan fingerprint density at radius 2 is 2.00 bits per heavy atom. The van der Waals surface area contributed by atoms with Crippen LogP contribution in [0.15, 0.2) is 30.5 Å². The lowest BCUT2D eigenvalue weighted by molar-refractivity contribution is -0.116. The second kappa shape index (κ2) is 6.43. The maximum absolute atomic E-state index is 11.9. The molecule has 0 saturated heterocycles. The van der Waals surface area contributed by atoms with Crippen molar-refractivity contribution in [1.29, 1.82) is 0 Å². The molecule has 2 aromatic heterocycles. The van der Waals surface area contributed by atoms with Gasteiger partial charge in [-0.2, -0.15) is 0 Å². The van der Waals surface area contributed by atoms with Crippen LogP contribution in [0.4, 0.5) is 5.82 Å². The zero-order valence-corrected chi connectivity index (χ0v) is 12.3. The Balaban J connectivity index is 1.85. The van der Waals surface area contributed by atoms with Gasteiger partial charge in [0.05, 0.1) is 4.88 Å². The van der Waals surface area contributed by atoms with Gasteiger partial charge in [-0.05, 0) is 43.7 Å². The van der Waals surface area contributed by atoms with Crippen molar-refractivity contribution in [2.24, 2.45) is 0 Å². The molecular formula is C15H16N2O2S. The molecule has 5 heteroatoms. The van der Waals surface area contributed by atoms with Crippen molar-refractivity contribution in [3.63, 3.8) is 0 Å². The topological polar surface area (TPSA) is 59.1 Å². The molecule has 0 fully saturated rings. The number of nitrogens with zero attached hydrogens (tertiary/aromatic N) is 1. The van der Waals surface area contributed by atoms with Crippen molar-refractivity contribution in [2.75, 3.05) is 5.32 Å². The molecule has 0 radical (unpaired) electrons. The predicted octanol–water partition coefficient (Wildman–Crippen LogP) is 3.36. The van der Waals surface area contributed by atoms with Crippen molar-refractivity contribution in [3.05, 3.63) is 45.8 Å². The smallest absolute Gasteiger partial charge is 0.225 e. The monoisotopic (exact) mass is 288 g/mol. The molecule has 1 amide bonds. The minimum absolute atomic E-state index is 0.00968. The van der Waals surface area contributed by atoms with E-state index in [4.69, 9.17) is 0 Å². The van der Waals surface area contributed by atoms with Crippen LogP contribution in [0.5, 0.6) is 0 Å². The van der Waals surface area contributed by atoms with Crippen molar-refractivity contribution >= 4 is 28.8 Å². The highest BCUT2D eigenvalue weighted by Crippen LogP contribution is 2.17. The lowest BCUT2D eigenvalue weighted by atomic mass is 10.2. The van der Waals surface area contributed by atoms with E-state index >= 15 is 0 Å². The van der Waals surface area contributed by atoms with Gasteiger partial charge in [-0.3, -0.25) is 9.59 Å². The summed E-state index contributed by atoms with van der Waals surface area (Å²) in [4.78, 5) is 29.5. The molecule has 0 aromatic carbocycles. The van der Waals surface area contributed by atoms with Gasteiger partial charge in [0, 0.05) is 23.9 Å².